The molecule has 0 aromatic rings. The van der Waals surface area contributed by atoms with Gasteiger partial charge in [0.15, 0.2) is 0 Å². The first-order valence-corrected chi connectivity index (χ1v) is 1.68. The fraction of sp³-hybridized carbons (Fsp3) is 0. The van der Waals surface area contributed by atoms with Crippen LogP contribution in [-0.2, 0) is 4.79 Å². The number of carbonyl (C=O) groups excluding carboxylic acids is 1. The van der Waals surface area contributed by atoms with Crippen molar-refractivity contribution in [1.82, 2.24) is 6.15 Å². The van der Waals surface area contributed by atoms with E-state index >= 15 is 0 Å². The van der Waals surface area contributed by atoms with Crippen molar-refractivity contribution >= 4 is 17.6 Å². The molecule has 7 heavy (non-hydrogen) atoms. The zero-order valence-electron chi connectivity index (χ0n) is 3.85. The Bertz CT molecular complexity index is 81.0. The molecular formula is C3H6ClNO2. The average Bonchev–Trinajstić information content (AvgIpc) is 1.35. The summed E-state index contributed by atoms with van der Waals surface area (Å²) >= 11 is 4.80. The van der Waals surface area contributed by atoms with E-state index in [1.54, 1.807) is 0 Å². The Morgan fingerprint density at radius 1 is 1.71 bits per heavy atom. The SMILES string of the molecule is O=C([O-])/C=C\Cl.[NH4+]. The smallest absolute Gasteiger partial charge is 0.0651 e. The van der Waals surface area contributed by atoms with Crippen LogP contribution in [0.5, 0.6) is 0 Å². The molecule has 0 aromatic heterocycles. The van der Waals surface area contributed by atoms with Crippen LogP contribution < -0.4 is 11.3 Å². The average molecular weight is 124 g/mol. The van der Waals surface area contributed by atoms with Crippen molar-refractivity contribution < 1.29 is 9.90 Å². The molecule has 3 nitrogen and oxygen atoms in total. The molecule has 0 spiro atoms. The number of carboxylic acid groups (broad SMARTS) is 1. The number of aliphatic carboxylic acids is 1. The molecule has 4 heteroatoms. The second-order valence-electron chi connectivity index (χ2n) is 0.612. The molecule has 0 aliphatic carbocycles. The van der Waals surface area contributed by atoms with Gasteiger partial charge in [0.1, 0.15) is 0 Å². The molecule has 0 atom stereocenters. The Labute approximate surface area is 46.2 Å². The minimum atomic E-state index is -1.27. The van der Waals surface area contributed by atoms with Crippen molar-refractivity contribution in [2.24, 2.45) is 0 Å². The maximum Gasteiger partial charge on any atom is 0.0651 e. The van der Waals surface area contributed by atoms with E-state index in [0.717, 1.165) is 11.6 Å². The molecule has 4 N–H and O–H groups in total. The zero-order valence-corrected chi connectivity index (χ0v) is 4.61. The van der Waals surface area contributed by atoms with Gasteiger partial charge in [0.2, 0.25) is 0 Å². The summed E-state index contributed by atoms with van der Waals surface area (Å²) in [5.41, 5.74) is 0.884. The lowest BCUT2D eigenvalue weighted by molar-refractivity contribution is -0.297. The van der Waals surface area contributed by atoms with Gasteiger partial charge in [0.25, 0.3) is 0 Å². The van der Waals surface area contributed by atoms with Gasteiger partial charge in [-0.3, -0.25) is 0 Å². The minimum absolute atomic E-state index is 0. The molecule has 42 valence electrons. The number of hydrogen-bond donors (Lipinski definition) is 1. The van der Waals surface area contributed by atoms with Crippen LogP contribution in [0.4, 0.5) is 0 Å². The first kappa shape index (κ1) is 9.68. The number of hydrogen-bond acceptors (Lipinski definition) is 2. The molecule has 0 bridgehead atoms. The molecule has 0 saturated heterocycles. The van der Waals surface area contributed by atoms with E-state index in [1.165, 1.54) is 0 Å². The monoisotopic (exact) mass is 123 g/mol. The molecule has 0 heterocycles. The molecule has 0 aliphatic heterocycles. The normalized spacial score (nSPS) is 8.14. The minimum Gasteiger partial charge on any atom is -0.545 e. The topological polar surface area (TPSA) is 76.6 Å². The molecule has 0 amide bonds. The summed E-state index contributed by atoms with van der Waals surface area (Å²) in [6.45, 7) is 0. The van der Waals surface area contributed by atoms with Crippen molar-refractivity contribution in [2.45, 2.75) is 0 Å². The van der Waals surface area contributed by atoms with Gasteiger partial charge >= 0.3 is 0 Å². The summed E-state index contributed by atoms with van der Waals surface area (Å²) in [4.78, 5) is 9.32. The van der Waals surface area contributed by atoms with Crippen LogP contribution in [0.2, 0.25) is 0 Å². The Kier molecular flexibility index (Phi) is 7.55. The summed E-state index contributed by atoms with van der Waals surface area (Å²) in [5.74, 6) is -1.27. The fourth-order valence-electron chi connectivity index (χ4n) is 0.0514. The lowest BCUT2D eigenvalue weighted by Gasteiger charge is -1.82. The van der Waals surface area contributed by atoms with Crippen LogP contribution in [0.25, 0.3) is 0 Å². The van der Waals surface area contributed by atoms with Gasteiger partial charge in [-0.25, -0.2) is 0 Å². The highest BCUT2D eigenvalue weighted by Gasteiger charge is 1.62. The summed E-state index contributed by atoms with van der Waals surface area (Å²) in [6, 6.07) is 0. The third-order valence-corrected chi connectivity index (χ3v) is 0.325. The van der Waals surface area contributed by atoms with Crippen molar-refractivity contribution in [2.75, 3.05) is 0 Å². The fourth-order valence-corrected chi connectivity index (χ4v) is 0.154. The highest BCUT2D eigenvalue weighted by Crippen LogP contribution is 1.72. The van der Waals surface area contributed by atoms with E-state index < -0.39 is 5.97 Å². The molecule has 0 aliphatic rings. The van der Waals surface area contributed by atoms with Crippen LogP contribution >= 0.6 is 11.6 Å². The Morgan fingerprint density at radius 2 is 2.14 bits per heavy atom. The Hall–Kier alpha value is -0.540. The summed E-state index contributed by atoms with van der Waals surface area (Å²) in [7, 11) is 0. The highest BCUT2D eigenvalue weighted by atomic mass is 35.5. The molecular weight excluding hydrogens is 117 g/mol. The van der Waals surface area contributed by atoms with Gasteiger partial charge in [-0.05, 0) is 6.08 Å². The summed E-state index contributed by atoms with van der Waals surface area (Å²) < 4.78 is 0. The van der Waals surface area contributed by atoms with Crippen molar-refractivity contribution in [1.29, 1.82) is 0 Å². The number of quaternary nitrogens is 1. The first-order chi connectivity index (χ1) is 2.77. The lowest BCUT2D eigenvalue weighted by Crippen LogP contribution is -2.18. The highest BCUT2D eigenvalue weighted by molar-refractivity contribution is 6.26. The summed E-state index contributed by atoms with van der Waals surface area (Å²) in [5, 5.41) is 9.32. The summed E-state index contributed by atoms with van der Waals surface area (Å²) in [6.07, 6.45) is 0.738. The van der Waals surface area contributed by atoms with Crippen LogP contribution in [0, 0.1) is 0 Å². The largest absolute Gasteiger partial charge is 0.545 e. The predicted octanol–water partition coefficient (Wildman–Crippen LogP) is -0.135. The second kappa shape index (κ2) is 5.46. The number of halogens is 1. The van der Waals surface area contributed by atoms with Crippen LogP contribution in [0.1, 0.15) is 0 Å². The van der Waals surface area contributed by atoms with Crippen LogP contribution in [-0.4, -0.2) is 5.97 Å². The van der Waals surface area contributed by atoms with Crippen molar-refractivity contribution in [3.63, 3.8) is 0 Å². The zero-order chi connectivity index (χ0) is 4.99. The van der Waals surface area contributed by atoms with Gasteiger partial charge in [-0.15, -0.1) is 0 Å². The van der Waals surface area contributed by atoms with Crippen LogP contribution in [0.3, 0.4) is 0 Å². The molecule has 0 saturated carbocycles. The molecule has 0 rings (SSSR count). The van der Waals surface area contributed by atoms with Gasteiger partial charge in [-0.2, -0.15) is 0 Å². The number of rotatable bonds is 1. The first-order valence-electron chi connectivity index (χ1n) is 1.25. The molecule has 0 unspecified atom stereocenters. The third-order valence-electron chi connectivity index (χ3n) is 0.199. The predicted molar refractivity (Wildman–Crippen MR) is 26.0 cm³/mol. The molecule has 0 fully saturated rings. The lowest BCUT2D eigenvalue weighted by atomic mass is 10.7. The van der Waals surface area contributed by atoms with Gasteiger partial charge in [-0.1, -0.05) is 11.6 Å². The quantitative estimate of drug-likeness (QED) is 0.493. The maximum atomic E-state index is 9.32. The van der Waals surface area contributed by atoms with E-state index in [1.807, 2.05) is 0 Å². The van der Waals surface area contributed by atoms with E-state index in [0.29, 0.717) is 0 Å². The number of carbonyl (C=O) groups is 1. The maximum absolute atomic E-state index is 9.32. The number of carboxylic acids is 1. The van der Waals surface area contributed by atoms with E-state index in [4.69, 9.17) is 11.6 Å². The van der Waals surface area contributed by atoms with Gasteiger partial charge in [0.05, 0.1) is 5.97 Å². The standard InChI is InChI=1S/C3H3ClO2.H3N/c4-2-1-3(5)6;/h1-2H,(H,5,6);1H3/b2-1-;. The van der Waals surface area contributed by atoms with E-state index in [9.17, 15) is 9.90 Å². The van der Waals surface area contributed by atoms with Gasteiger partial charge in [0, 0.05) is 5.54 Å². The van der Waals surface area contributed by atoms with Crippen LogP contribution in [0.15, 0.2) is 11.6 Å². The Balaban J connectivity index is 0. The van der Waals surface area contributed by atoms with E-state index in [-0.39, 0.29) is 6.15 Å². The van der Waals surface area contributed by atoms with Crippen molar-refractivity contribution in [3.05, 3.63) is 11.6 Å². The third kappa shape index (κ3) is 10.8. The Morgan fingerprint density at radius 3 is 2.14 bits per heavy atom. The van der Waals surface area contributed by atoms with E-state index in [2.05, 4.69) is 0 Å². The molecule has 0 radical (unpaired) electrons. The molecule has 0 aromatic carbocycles. The van der Waals surface area contributed by atoms with Crippen molar-refractivity contribution in [3.8, 4) is 0 Å². The van der Waals surface area contributed by atoms with Gasteiger partial charge < -0.3 is 16.1 Å². The second-order valence-corrected chi connectivity index (χ2v) is 0.864.